The first-order valence-electron chi connectivity index (χ1n) is 11.1. The summed E-state index contributed by atoms with van der Waals surface area (Å²) in [5, 5.41) is 7.27. The van der Waals surface area contributed by atoms with Crippen LogP contribution < -0.4 is 10.6 Å². The fourth-order valence-electron chi connectivity index (χ4n) is 4.25. The highest BCUT2D eigenvalue weighted by molar-refractivity contribution is 14.0. The highest BCUT2D eigenvalue weighted by Crippen LogP contribution is 2.25. The number of aliphatic imine (C=N–C) groups is 1. The molecule has 1 aliphatic heterocycles. The van der Waals surface area contributed by atoms with Crippen molar-refractivity contribution in [2.45, 2.75) is 89.8 Å². The Morgan fingerprint density at radius 2 is 1.96 bits per heavy atom. The van der Waals surface area contributed by atoms with Crippen molar-refractivity contribution in [2.75, 3.05) is 19.6 Å². The van der Waals surface area contributed by atoms with Crippen LogP contribution >= 0.6 is 24.0 Å². The lowest BCUT2D eigenvalue weighted by Gasteiger charge is -2.39. The van der Waals surface area contributed by atoms with Crippen LogP contribution in [0, 0.1) is 0 Å². The van der Waals surface area contributed by atoms with Crippen molar-refractivity contribution in [3.05, 3.63) is 24.2 Å². The molecule has 0 bridgehead atoms. The smallest absolute Gasteiger partial charge is 0.191 e. The second-order valence-electron chi connectivity index (χ2n) is 8.26. The highest BCUT2D eigenvalue weighted by atomic mass is 127. The van der Waals surface area contributed by atoms with Gasteiger partial charge in [-0.25, -0.2) is 0 Å². The number of nitrogens with one attached hydrogen (secondary N) is 2. The summed E-state index contributed by atoms with van der Waals surface area (Å²) >= 11 is 0. The first kappa shape index (κ1) is 23.5. The quantitative estimate of drug-likeness (QED) is 0.326. The molecule has 0 aromatic carbocycles. The van der Waals surface area contributed by atoms with Gasteiger partial charge in [-0.15, -0.1) is 24.0 Å². The number of hydrogen-bond acceptors (Lipinski definition) is 3. The second-order valence-corrected chi connectivity index (χ2v) is 8.26. The Hall–Kier alpha value is -0.760. The summed E-state index contributed by atoms with van der Waals surface area (Å²) in [6.07, 6.45) is 13.2. The minimum Gasteiger partial charge on any atom is -0.469 e. The van der Waals surface area contributed by atoms with Gasteiger partial charge in [0.1, 0.15) is 5.76 Å². The van der Waals surface area contributed by atoms with Gasteiger partial charge in [-0.3, -0.25) is 4.99 Å². The first-order chi connectivity index (χ1) is 13.2. The second kappa shape index (κ2) is 12.7. The van der Waals surface area contributed by atoms with E-state index in [-0.39, 0.29) is 24.0 Å². The molecule has 160 valence electrons. The summed E-state index contributed by atoms with van der Waals surface area (Å²) in [4.78, 5) is 7.55. The van der Waals surface area contributed by atoms with E-state index in [0.29, 0.717) is 12.1 Å². The number of rotatable bonds is 7. The lowest BCUT2D eigenvalue weighted by molar-refractivity contribution is 0.119. The van der Waals surface area contributed by atoms with Crippen molar-refractivity contribution < 1.29 is 4.42 Å². The normalized spacial score (nSPS) is 21.1. The van der Waals surface area contributed by atoms with Crippen LogP contribution in [0.4, 0.5) is 0 Å². The third-order valence-electron chi connectivity index (χ3n) is 6.17. The molecule has 1 aliphatic carbocycles. The maximum atomic E-state index is 5.42. The summed E-state index contributed by atoms with van der Waals surface area (Å²) in [5.41, 5.74) is 0. The van der Waals surface area contributed by atoms with Gasteiger partial charge in [0.05, 0.1) is 6.26 Å². The van der Waals surface area contributed by atoms with Gasteiger partial charge < -0.3 is 20.0 Å². The molecule has 0 radical (unpaired) electrons. The molecule has 1 aromatic rings. The van der Waals surface area contributed by atoms with Gasteiger partial charge in [0.15, 0.2) is 5.96 Å². The van der Waals surface area contributed by atoms with Gasteiger partial charge in [0.2, 0.25) is 0 Å². The topological polar surface area (TPSA) is 52.8 Å². The maximum Gasteiger partial charge on any atom is 0.191 e. The van der Waals surface area contributed by atoms with Crippen LogP contribution in [0.25, 0.3) is 0 Å². The maximum absolute atomic E-state index is 5.42. The van der Waals surface area contributed by atoms with E-state index in [1.165, 1.54) is 58.0 Å². The lowest BCUT2D eigenvalue weighted by atomic mass is 9.92. The van der Waals surface area contributed by atoms with Gasteiger partial charge in [-0.05, 0) is 51.2 Å². The molecule has 2 fully saturated rings. The van der Waals surface area contributed by atoms with Crippen LogP contribution in [0.15, 0.2) is 27.8 Å². The molecule has 0 amide bonds. The van der Waals surface area contributed by atoms with Crippen molar-refractivity contribution in [3.8, 4) is 0 Å². The van der Waals surface area contributed by atoms with Crippen LogP contribution in [0.5, 0.6) is 0 Å². The SMILES string of the molecule is CCC(C)NC(=NCCc1ccco1)NC1CCN(C2CCCCC2)CC1.I. The van der Waals surface area contributed by atoms with Gasteiger partial charge in [-0.1, -0.05) is 26.2 Å². The van der Waals surface area contributed by atoms with E-state index in [1.54, 1.807) is 6.26 Å². The molecule has 1 saturated heterocycles. The summed E-state index contributed by atoms with van der Waals surface area (Å²) in [7, 11) is 0. The van der Waals surface area contributed by atoms with Crippen molar-refractivity contribution in [3.63, 3.8) is 0 Å². The molecule has 1 atom stereocenters. The molecule has 1 unspecified atom stereocenters. The van der Waals surface area contributed by atoms with Crippen LogP contribution in [-0.2, 0) is 6.42 Å². The van der Waals surface area contributed by atoms with E-state index in [9.17, 15) is 0 Å². The molecule has 28 heavy (non-hydrogen) atoms. The molecule has 2 heterocycles. The molecular weight excluding hydrogens is 463 g/mol. The van der Waals surface area contributed by atoms with Crippen LogP contribution in [-0.4, -0.2) is 48.6 Å². The molecule has 1 aromatic heterocycles. The summed E-state index contributed by atoms with van der Waals surface area (Å²) in [5.74, 6) is 1.97. The van der Waals surface area contributed by atoms with Crippen LogP contribution in [0.3, 0.4) is 0 Å². The first-order valence-corrected chi connectivity index (χ1v) is 11.1. The number of hydrogen-bond donors (Lipinski definition) is 2. The molecule has 1 saturated carbocycles. The van der Waals surface area contributed by atoms with E-state index < -0.39 is 0 Å². The molecule has 6 heteroatoms. The standard InChI is InChI=1S/C22H38N4O.HI/c1-3-18(2)24-22(23-14-11-21-10-7-17-27-21)25-19-12-15-26(16-13-19)20-8-5-4-6-9-20;/h7,10,17-20H,3-6,8-9,11-16H2,1-2H3,(H2,23,24,25);1H. The highest BCUT2D eigenvalue weighted by Gasteiger charge is 2.26. The monoisotopic (exact) mass is 502 g/mol. The van der Waals surface area contributed by atoms with Crippen molar-refractivity contribution in [1.82, 2.24) is 15.5 Å². The van der Waals surface area contributed by atoms with E-state index in [4.69, 9.17) is 9.41 Å². The van der Waals surface area contributed by atoms with Crippen molar-refractivity contribution in [1.29, 1.82) is 0 Å². The van der Waals surface area contributed by atoms with Gasteiger partial charge >= 0.3 is 0 Å². The lowest BCUT2D eigenvalue weighted by Crippen LogP contribution is -2.52. The summed E-state index contributed by atoms with van der Waals surface area (Å²) < 4.78 is 5.42. The van der Waals surface area contributed by atoms with Crippen molar-refractivity contribution in [2.24, 2.45) is 4.99 Å². The Morgan fingerprint density at radius 1 is 1.21 bits per heavy atom. The fourth-order valence-corrected chi connectivity index (χ4v) is 4.25. The number of nitrogens with zero attached hydrogens (tertiary/aromatic N) is 2. The Labute approximate surface area is 188 Å². The Balaban J connectivity index is 0.00000280. The number of guanidine groups is 1. The number of furan rings is 1. The van der Waals surface area contributed by atoms with Gasteiger partial charge in [-0.2, -0.15) is 0 Å². The molecule has 2 aliphatic rings. The average molecular weight is 502 g/mol. The van der Waals surface area contributed by atoms with E-state index >= 15 is 0 Å². The zero-order chi connectivity index (χ0) is 18.9. The molecule has 3 rings (SSSR count). The van der Waals surface area contributed by atoms with Gasteiger partial charge in [0.25, 0.3) is 0 Å². The molecule has 5 nitrogen and oxygen atoms in total. The average Bonchev–Trinajstić information content (AvgIpc) is 3.22. The van der Waals surface area contributed by atoms with E-state index in [2.05, 4.69) is 29.4 Å². The Morgan fingerprint density at radius 3 is 2.61 bits per heavy atom. The fraction of sp³-hybridized carbons (Fsp3) is 0.773. The minimum atomic E-state index is 0. The van der Waals surface area contributed by atoms with Crippen molar-refractivity contribution >= 4 is 29.9 Å². The zero-order valence-electron chi connectivity index (χ0n) is 17.7. The predicted molar refractivity (Wildman–Crippen MR) is 128 cm³/mol. The Kier molecular flexibility index (Phi) is 10.7. The van der Waals surface area contributed by atoms with E-state index in [1.807, 2.05) is 12.1 Å². The Bertz CT molecular complexity index is 549. The zero-order valence-corrected chi connectivity index (χ0v) is 20.0. The summed E-state index contributed by atoms with van der Waals surface area (Å²) in [6, 6.07) is 5.77. The summed E-state index contributed by atoms with van der Waals surface area (Å²) in [6.45, 7) is 7.63. The van der Waals surface area contributed by atoms with E-state index in [0.717, 1.165) is 37.1 Å². The third kappa shape index (κ3) is 7.58. The van der Waals surface area contributed by atoms with Gasteiger partial charge in [0, 0.05) is 44.2 Å². The van der Waals surface area contributed by atoms with Crippen LogP contribution in [0.2, 0.25) is 0 Å². The number of halogens is 1. The molecular formula is C22H39IN4O. The molecule has 0 spiro atoms. The largest absolute Gasteiger partial charge is 0.469 e. The predicted octanol–water partition coefficient (Wildman–Crippen LogP) is 4.57. The minimum absolute atomic E-state index is 0. The van der Waals surface area contributed by atoms with Crippen LogP contribution in [0.1, 0.15) is 71.0 Å². The third-order valence-corrected chi connectivity index (χ3v) is 6.17. The number of likely N-dealkylation sites (tertiary alicyclic amines) is 1. The number of piperidine rings is 1. The molecule has 2 N–H and O–H groups in total.